The first-order chi connectivity index (χ1) is 8.29. The van der Waals surface area contributed by atoms with Crippen LogP contribution in [0.3, 0.4) is 0 Å². The quantitative estimate of drug-likeness (QED) is 0.789. The van der Waals surface area contributed by atoms with Crippen molar-refractivity contribution >= 4 is 22.6 Å². The molecule has 2 heterocycles. The van der Waals surface area contributed by atoms with E-state index in [2.05, 4.69) is 9.97 Å². The summed E-state index contributed by atoms with van der Waals surface area (Å²) in [6, 6.07) is 1.92. The molecule has 0 fully saturated rings. The predicted molar refractivity (Wildman–Crippen MR) is 68.6 cm³/mol. The van der Waals surface area contributed by atoms with E-state index in [1.54, 1.807) is 6.20 Å². The van der Waals surface area contributed by atoms with Crippen LogP contribution in [0, 0.1) is 0 Å². The van der Waals surface area contributed by atoms with Crippen LogP contribution in [0.1, 0.15) is 29.5 Å². The summed E-state index contributed by atoms with van der Waals surface area (Å²) >= 11 is 5.78. The van der Waals surface area contributed by atoms with Crippen LogP contribution in [0.5, 0.6) is 0 Å². The average molecular weight is 249 g/mol. The van der Waals surface area contributed by atoms with Crippen LogP contribution in [-0.4, -0.2) is 9.97 Å². The summed E-state index contributed by atoms with van der Waals surface area (Å²) in [5.41, 5.74) is 4.79. The van der Waals surface area contributed by atoms with E-state index < -0.39 is 0 Å². The van der Waals surface area contributed by atoms with Crippen LogP contribution in [0.2, 0.25) is 0 Å². The van der Waals surface area contributed by atoms with E-state index in [9.17, 15) is 4.79 Å². The summed E-state index contributed by atoms with van der Waals surface area (Å²) in [5, 5.41) is 0. The van der Waals surface area contributed by atoms with Crippen molar-refractivity contribution in [2.75, 3.05) is 0 Å². The van der Waals surface area contributed by atoms with Crippen LogP contribution in [0.25, 0.3) is 11.0 Å². The Morgan fingerprint density at radius 3 is 2.82 bits per heavy atom. The fourth-order valence-corrected chi connectivity index (χ4v) is 2.68. The molecule has 1 aliphatic rings. The van der Waals surface area contributed by atoms with E-state index >= 15 is 0 Å². The highest BCUT2D eigenvalue weighted by atomic mass is 35.5. The van der Waals surface area contributed by atoms with Crippen molar-refractivity contribution in [1.29, 1.82) is 0 Å². The van der Waals surface area contributed by atoms with Crippen LogP contribution in [0.4, 0.5) is 0 Å². The first-order valence-electron chi connectivity index (χ1n) is 5.88. The molecule has 1 aliphatic carbocycles. The molecule has 88 valence electrons. The van der Waals surface area contributed by atoms with Gasteiger partial charge in [0.15, 0.2) is 0 Å². The molecule has 2 aromatic heterocycles. The summed E-state index contributed by atoms with van der Waals surface area (Å²) in [6.45, 7) is 0. The van der Waals surface area contributed by atoms with Crippen molar-refractivity contribution in [2.45, 2.75) is 31.6 Å². The summed E-state index contributed by atoms with van der Waals surface area (Å²) in [5.74, 6) is 0.419. The summed E-state index contributed by atoms with van der Waals surface area (Å²) < 4.78 is 0. The van der Waals surface area contributed by atoms with Gasteiger partial charge in [0, 0.05) is 17.6 Å². The SMILES string of the molecule is O=c1[nH]c2cc(CCl)cnc2c2c1CCCC2. The number of hydrogen-bond acceptors (Lipinski definition) is 2. The molecule has 0 unspecified atom stereocenters. The Morgan fingerprint density at radius 2 is 2.06 bits per heavy atom. The first kappa shape index (κ1) is 10.8. The molecule has 3 rings (SSSR count). The maximum atomic E-state index is 12.0. The normalized spacial score (nSPS) is 14.9. The molecule has 4 heteroatoms. The Morgan fingerprint density at radius 1 is 1.29 bits per heavy atom. The third-order valence-electron chi connectivity index (χ3n) is 3.37. The van der Waals surface area contributed by atoms with Crippen LogP contribution in [-0.2, 0) is 18.7 Å². The lowest BCUT2D eigenvalue weighted by Gasteiger charge is -2.16. The second-order valence-electron chi connectivity index (χ2n) is 4.49. The van der Waals surface area contributed by atoms with Crippen LogP contribution >= 0.6 is 11.6 Å². The van der Waals surface area contributed by atoms with Crippen molar-refractivity contribution in [3.8, 4) is 0 Å². The first-order valence-corrected chi connectivity index (χ1v) is 6.41. The highest BCUT2D eigenvalue weighted by Crippen LogP contribution is 2.24. The van der Waals surface area contributed by atoms with Gasteiger partial charge < -0.3 is 4.98 Å². The predicted octanol–water partition coefficient (Wildman–Crippen LogP) is 2.54. The van der Waals surface area contributed by atoms with Crippen molar-refractivity contribution in [2.24, 2.45) is 0 Å². The number of H-pyrrole nitrogens is 1. The molecule has 3 nitrogen and oxygen atoms in total. The number of hydrogen-bond donors (Lipinski definition) is 1. The van der Waals surface area contributed by atoms with Gasteiger partial charge in [-0.25, -0.2) is 0 Å². The van der Waals surface area contributed by atoms with E-state index in [4.69, 9.17) is 11.6 Å². The van der Waals surface area contributed by atoms with Gasteiger partial charge >= 0.3 is 0 Å². The average Bonchev–Trinajstić information content (AvgIpc) is 2.38. The number of rotatable bonds is 1. The molecule has 0 aliphatic heterocycles. The van der Waals surface area contributed by atoms with E-state index in [0.717, 1.165) is 53.4 Å². The highest BCUT2D eigenvalue weighted by Gasteiger charge is 2.17. The molecule has 0 atom stereocenters. The zero-order chi connectivity index (χ0) is 11.8. The van der Waals surface area contributed by atoms with E-state index in [0.29, 0.717) is 5.88 Å². The topological polar surface area (TPSA) is 45.8 Å². The largest absolute Gasteiger partial charge is 0.320 e. The molecule has 0 aromatic carbocycles. The second-order valence-corrected chi connectivity index (χ2v) is 4.76. The molecular weight excluding hydrogens is 236 g/mol. The molecular formula is C13H13ClN2O. The van der Waals surface area contributed by atoms with Gasteiger partial charge in [0.25, 0.3) is 5.56 Å². The van der Waals surface area contributed by atoms with Crippen molar-refractivity contribution in [3.05, 3.63) is 39.3 Å². The smallest absolute Gasteiger partial charge is 0.251 e. The Hall–Kier alpha value is -1.35. The van der Waals surface area contributed by atoms with Gasteiger partial charge in [0.2, 0.25) is 0 Å². The molecule has 0 spiro atoms. The molecule has 17 heavy (non-hydrogen) atoms. The second kappa shape index (κ2) is 4.15. The van der Waals surface area contributed by atoms with E-state index in [1.807, 2.05) is 6.07 Å². The number of halogens is 1. The molecule has 0 radical (unpaired) electrons. The Kier molecular flexibility index (Phi) is 2.63. The van der Waals surface area contributed by atoms with Crippen molar-refractivity contribution < 1.29 is 0 Å². The lowest BCUT2D eigenvalue weighted by Crippen LogP contribution is -2.19. The minimum Gasteiger partial charge on any atom is -0.320 e. The number of alkyl halides is 1. The number of pyridine rings is 2. The molecule has 0 saturated heterocycles. The maximum absolute atomic E-state index is 12.0. The third kappa shape index (κ3) is 1.75. The van der Waals surface area contributed by atoms with Gasteiger partial charge in [0.05, 0.1) is 11.0 Å². The van der Waals surface area contributed by atoms with E-state index in [-0.39, 0.29) is 5.56 Å². The van der Waals surface area contributed by atoms with Crippen molar-refractivity contribution in [3.63, 3.8) is 0 Å². The number of nitrogens with zero attached hydrogens (tertiary/aromatic N) is 1. The van der Waals surface area contributed by atoms with Crippen molar-refractivity contribution in [1.82, 2.24) is 9.97 Å². The third-order valence-corrected chi connectivity index (χ3v) is 3.68. The summed E-state index contributed by atoms with van der Waals surface area (Å²) in [4.78, 5) is 19.3. The number of aromatic amines is 1. The zero-order valence-electron chi connectivity index (χ0n) is 9.42. The maximum Gasteiger partial charge on any atom is 0.251 e. The van der Waals surface area contributed by atoms with E-state index in [1.165, 1.54) is 0 Å². The summed E-state index contributed by atoms with van der Waals surface area (Å²) in [7, 11) is 0. The molecule has 1 N–H and O–H groups in total. The minimum absolute atomic E-state index is 0.0423. The van der Waals surface area contributed by atoms with Crippen LogP contribution < -0.4 is 5.56 Å². The lowest BCUT2D eigenvalue weighted by atomic mass is 9.92. The number of aromatic nitrogens is 2. The van der Waals surface area contributed by atoms with Gasteiger partial charge in [-0.2, -0.15) is 0 Å². The van der Waals surface area contributed by atoms with Gasteiger partial charge in [-0.3, -0.25) is 9.78 Å². The zero-order valence-corrected chi connectivity index (χ0v) is 10.2. The number of aryl methyl sites for hydroxylation is 1. The number of nitrogens with one attached hydrogen (secondary N) is 1. The molecule has 0 amide bonds. The van der Waals surface area contributed by atoms with Gasteiger partial charge in [0.1, 0.15) is 0 Å². The molecule has 2 aromatic rings. The Bertz CT molecular complexity index is 633. The summed E-state index contributed by atoms with van der Waals surface area (Å²) in [6.07, 6.45) is 5.87. The Balaban J connectivity index is 2.34. The van der Waals surface area contributed by atoms with Gasteiger partial charge in [-0.1, -0.05) is 0 Å². The Labute approximate surface area is 104 Å². The standard InChI is InChI=1S/C13H13ClN2O/c14-6-8-5-11-12(15-7-8)9-3-1-2-4-10(9)13(17)16-11/h5,7H,1-4,6H2,(H,16,17). The van der Waals surface area contributed by atoms with Gasteiger partial charge in [-0.15, -0.1) is 11.6 Å². The highest BCUT2D eigenvalue weighted by molar-refractivity contribution is 6.17. The van der Waals surface area contributed by atoms with Gasteiger partial charge in [-0.05, 0) is 42.9 Å². The minimum atomic E-state index is 0.0423. The monoisotopic (exact) mass is 248 g/mol. The molecule has 0 bridgehead atoms. The fourth-order valence-electron chi connectivity index (χ4n) is 2.53. The fraction of sp³-hybridized carbons (Fsp3) is 0.385. The number of fused-ring (bicyclic) bond motifs is 3. The molecule has 0 saturated carbocycles. The lowest BCUT2D eigenvalue weighted by molar-refractivity contribution is 0.681. The van der Waals surface area contributed by atoms with Crippen LogP contribution in [0.15, 0.2) is 17.1 Å².